The summed E-state index contributed by atoms with van der Waals surface area (Å²) >= 11 is 6.05. The number of hydrogen-bond acceptors (Lipinski definition) is 3. The molecule has 0 spiro atoms. The van der Waals surface area contributed by atoms with Crippen molar-refractivity contribution in [3.8, 4) is 0 Å². The third kappa shape index (κ3) is 4.45. The molecule has 3 amide bonds. The van der Waals surface area contributed by atoms with Crippen molar-refractivity contribution in [1.29, 1.82) is 0 Å². The minimum absolute atomic E-state index is 0.0724. The summed E-state index contributed by atoms with van der Waals surface area (Å²) in [7, 11) is 0. The van der Waals surface area contributed by atoms with E-state index >= 15 is 0 Å². The van der Waals surface area contributed by atoms with Crippen molar-refractivity contribution in [3.05, 3.63) is 28.8 Å². The monoisotopic (exact) mass is 337 g/mol. The zero-order valence-corrected chi connectivity index (χ0v) is 13.9. The van der Waals surface area contributed by atoms with Crippen molar-refractivity contribution in [2.24, 2.45) is 0 Å². The van der Waals surface area contributed by atoms with Crippen LogP contribution in [0.2, 0.25) is 5.02 Å². The van der Waals surface area contributed by atoms with E-state index in [1.165, 1.54) is 13.0 Å². The van der Waals surface area contributed by atoms with Gasteiger partial charge in [0.05, 0.1) is 10.7 Å². The summed E-state index contributed by atoms with van der Waals surface area (Å²) in [5.41, 5.74) is 0.780. The van der Waals surface area contributed by atoms with Gasteiger partial charge in [-0.3, -0.25) is 14.4 Å². The minimum Gasteiger partial charge on any atom is -0.341 e. The number of anilines is 1. The molecular weight excluding hydrogens is 318 g/mol. The van der Waals surface area contributed by atoms with Gasteiger partial charge in [-0.2, -0.15) is 0 Å². The van der Waals surface area contributed by atoms with Crippen LogP contribution < -0.4 is 10.6 Å². The molecule has 2 rings (SSSR count). The van der Waals surface area contributed by atoms with Gasteiger partial charge in [0.2, 0.25) is 11.8 Å². The van der Waals surface area contributed by atoms with Crippen LogP contribution in [-0.4, -0.2) is 41.8 Å². The number of hydrogen-bond donors (Lipinski definition) is 2. The van der Waals surface area contributed by atoms with Crippen LogP contribution in [0.1, 0.15) is 37.0 Å². The summed E-state index contributed by atoms with van der Waals surface area (Å²) in [6, 6.07) is 4.00. The molecule has 1 aromatic carbocycles. The topological polar surface area (TPSA) is 78.5 Å². The normalized spacial score (nSPS) is 15.2. The standard InChI is InChI=1S/C16H20ClN3O3/c1-10(16(23)20-7-3-4-8-20)18-15(22)12-5-6-14(13(17)9-12)19-11(2)21/h5-6,9-10H,3-4,7-8H2,1-2H3,(H,18,22)(H,19,21). The van der Waals surface area contributed by atoms with Crippen LogP contribution in [0.15, 0.2) is 18.2 Å². The molecule has 0 aliphatic carbocycles. The van der Waals surface area contributed by atoms with Crippen LogP contribution in [-0.2, 0) is 9.59 Å². The fourth-order valence-corrected chi connectivity index (χ4v) is 2.73. The fourth-order valence-electron chi connectivity index (χ4n) is 2.50. The summed E-state index contributed by atoms with van der Waals surface area (Å²) in [5, 5.41) is 5.53. The maximum atomic E-state index is 12.2. The second kappa shape index (κ2) is 7.46. The summed E-state index contributed by atoms with van der Waals surface area (Å²) in [4.78, 5) is 37.2. The maximum absolute atomic E-state index is 12.2. The van der Waals surface area contributed by atoms with Crippen LogP contribution in [0.25, 0.3) is 0 Å². The van der Waals surface area contributed by atoms with Crippen LogP contribution in [0.4, 0.5) is 5.69 Å². The van der Waals surface area contributed by atoms with Crippen LogP contribution in [0.5, 0.6) is 0 Å². The molecule has 2 N–H and O–H groups in total. The van der Waals surface area contributed by atoms with E-state index in [1.54, 1.807) is 24.0 Å². The lowest BCUT2D eigenvalue weighted by atomic mass is 10.1. The average Bonchev–Trinajstić information content (AvgIpc) is 3.02. The molecule has 6 nitrogen and oxygen atoms in total. The van der Waals surface area contributed by atoms with E-state index in [0.717, 1.165) is 25.9 Å². The molecule has 23 heavy (non-hydrogen) atoms. The van der Waals surface area contributed by atoms with Gasteiger partial charge in [-0.1, -0.05) is 11.6 Å². The van der Waals surface area contributed by atoms with Gasteiger partial charge >= 0.3 is 0 Å². The zero-order valence-electron chi connectivity index (χ0n) is 13.2. The number of carbonyl (C=O) groups excluding carboxylic acids is 3. The molecular formula is C16H20ClN3O3. The van der Waals surface area contributed by atoms with E-state index in [9.17, 15) is 14.4 Å². The number of rotatable bonds is 4. The Morgan fingerprint density at radius 3 is 2.43 bits per heavy atom. The Balaban J connectivity index is 2.01. The van der Waals surface area contributed by atoms with Crippen molar-refractivity contribution in [1.82, 2.24) is 10.2 Å². The first kappa shape index (κ1) is 17.3. The lowest BCUT2D eigenvalue weighted by Crippen LogP contribution is -2.45. The molecule has 1 atom stereocenters. The summed E-state index contributed by atoms with van der Waals surface area (Å²) < 4.78 is 0. The Bertz CT molecular complexity index is 627. The lowest BCUT2D eigenvalue weighted by molar-refractivity contribution is -0.131. The minimum atomic E-state index is -0.589. The SMILES string of the molecule is CC(=O)Nc1ccc(C(=O)NC(C)C(=O)N2CCCC2)cc1Cl. The predicted octanol–water partition coefficient (Wildman–Crippen LogP) is 2.04. The van der Waals surface area contributed by atoms with Crippen molar-refractivity contribution < 1.29 is 14.4 Å². The van der Waals surface area contributed by atoms with Crippen LogP contribution in [0, 0.1) is 0 Å². The van der Waals surface area contributed by atoms with Gasteiger partial charge < -0.3 is 15.5 Å². The first-order valence-electron chi connectivity index (χ1n) is 7.55. The number of likely N-dealkylation sites (tertiary alicyclic amines) is 1. The molecule has 1 aromatic rings. The molecule has 1 heterocycles. The van der Waals surface area contributed by atoms with Crippen molar-refractivity contribution >= 4 is 35.0 Å². The Morgan fingerprint density at radius 1 is 1.22 bits per heavy atom. The highest BCUT2D eigenvalue weighted by Crippen LogP contribution is 2.23. The summed E-state index contributed by atoms with van der Waals surface area (Å²) in [6.07, 6.45) is 2.01. The van der Waals surface area contributed by atoms with Gasteiger partial charge in [-0.15, -0.1) is 0 Å². The van der Waals surface area contributed by atoms with Gasteiger partial charge in [0.15, 0.2) is 0 Å². The van der Waals surface area contributed by atoms with E-state index < -0.39 is 6.04 Å². The summed E-state index contributed by atoms with van der Waals surface area (Å²) in [5.74, 6) is -0.688. The Labute approximate surface area is 140 Å². The molecule has 1 aliphatic heterocycles. The number of carbonyl (C=O) groups is 3. The first-order chi connectivity index (χ1) is 10.9. The first-order valence-corrected chi connectivity index (χ1v) is 7.93. The second-order valence-corrected chi connectivity index (χ2v) is 6.01. The third-order valence-corrected chi connectivity index (χ3v) is 3.99. The number of nitrogens with zero attached hydrogens (tertiary/aromatic N) is 1. The number of amides is 3. The average molecular weight is 338 g/mol. The lowest BCUT2D eigenvalue weighted by Gasteiger charge is -2.21. The van der Waals surface area contributed by atoms with Gasteiger partial charge in [0.1, 0.15) is 6.04 Å². The summed E-state index contributed by atoms with van der Waals surface area (Å²) in [6.45, 7) is 4.54. The van der Waals surface area contributed by atoms with E-state index in [-0.39, 0.29) is 22.7 Å². The molecule has 0 bridgehead atoms. The highest BCUT2D eigenvalue weighted by molar-refractivity contribution is 6.34. The number of halogens is 1. The van der Waals surface area contributed by atoms with Crippen LogP contribution >= 0.6 is 11.6 Å². The molecule has 1 aliphatic rings. The molecule has 0 aromatic heterocycles. The van der Waals surface area contributed by atoms with Crippen molar-refractivity contribution in [2.45, 2.75) is 32.7 Å². The Kier molecular flexibility index (Phi) is 5.60. The largest absolute Gasteiger partial charge is 0.341 e. The van der Waals surface area contributed by atoms with E-state index in [1.807, 2.05) is 0 Å². The third-order valence-electron chi connectivity index (χ3n) is 3.68. The van der Waals surface area contributed by atoms with Crippen molar-refractivity contribution in [2.75, 3.05) is 18.4 Å². The zero-order chi connectivity index (χ0) is 17.0. The van der Waals surface area contributed by atoms with Gasteiger partial charge in [0, 0.05) is 25.6 Å². The van der Waals surface area contributed by atoms with Gasteiger partial charge in [-0.25, -0.2) is 0 Å². The maximum Gasteiger partial charge on any atom is 0.251 e. The molecule has 1 unspecified atom stereocenters. The fraction of sp³-hybridized carbons (Fsp3) is 0.438. The second-order valence-electron chi connectivity index (χ2n) is 5.60. The Morgan fingerprint density at radius 2 is 1.87 bits per heavy atom. The molecule has 1 saturated heterocycles. The number of benzene rings is 1. The van der Waals surface area contributed by atoms with E-state index in [4.69, 9.17) is 11.6 Å². The number of nitrogens with one attached hydrogen (secondary N) is 2. The van der Waals surface area contributed by atoms with Crippen LogP contribution in [0.3, 0.4) is 0 Å². The molecule has 1 fully saturated rings. The van der Waals surface area contributed by atoms with Gasteiger partial charge in [0.25, 0.3) is 5.91 Å². The van der Waals surface area contributed by atoms with Gasteiger partial charge in [-0.05, 0) is 38.0 Å². The highest BCUT2D eigenvalue weighted by Gasteiger charge is 2.24. The molecule has 0 saturated carbocycles. The van der Waals surface area contributed by atoms with E-state index in [2.05, 4.69) is 10.6 Å². The predicted molar refractivity (Wildman–Crippen MR) is 88.5 cm³/mol. The van der Waals surface area contributed by atoms with E-state index in [0.29, 0.717) is 11.3 Å². The Hall–Kier alpha value is -2.08. The quantitative estimate of drug-likeness (QED) is 0.882. The molecule has 0 radical (unpaired) electrons. The highest BCUT2D eigenvalue weighted by atomic mass is 35.5. The smallest absolute Gasteiger partial charge is 0.251 e. The molecule has 7 heteroatoms. The van der Waals surface area contributed by atoms with Crippen molar-refractivity contribution in [3.63, 3.8) is 0 Å². The molecule has 124 valence electrons.